The number of amides is 1. The van der Waals surface area contributed by atoms with Crippen LogP contribution in [0.5, 0.6) is 0 Å². The lowest BCUT2D eigenvalue weighted by Crippen LogP contribution is -2.15. The molecule has 1 aromatic carbocycles. The van der Waals surface area contributed by atoms with Gasteiger partial charge in [0.05, 0.1) is 22.2 Å². The number of aromatic nitrogens is 1. The minimum atomic E-state index is -0.825. The van der Waals surface area contributed by atoms with Crippen molar-refractivity contribution in [1.82, 2.24) is 4.98 Å². The molecule has 1 aromatic heterocycles. The van der Waals surface area contributed by atoms with Crippen LogP contribution in [-0.2, 0) is 0 Å². The molecule has 0 aliphatic rings. The maximum atomic E-state index is 13.2. The summed E-state index contributed by atoms with van der Waals surface area (Å²) in [6.45, 7) is 0. The summed E-state index contributed by atoms with van der Waals surface area (Å²) in [5.41, 5.74) is 5.13. The van der Waals surface area contributed by atoms with Gasteiger partial charge in [-0.05, 0) is 18.2 Å². The van der Waals surface area contributed by atoms with Crippen LogP contribution in [0.1, 0.15) is 10.4 Å². The Kier molecular flexibility index (Phi) is 3.56. The van der Waals surface area contributed by atoms with E-state index in [1.54, 1.807) is 0 Å². The molecule has 1 heterocycles. The van der Waals surface area contributed by atoms with Gasteiger partial charge in [0.15, 0.2) is 0 Å². The number of rotatable bonds is 3. The van der Waals surface area contributed by atoms with E-state index < -0.39 is 22.3 Å². The average molecular weight is 276 g/mol. The molecule has 0 saturated heterocycles. The first kappa shape index (κ1) is 13.4. The largest absolute Gasteiger partial charge is 0.383 e. The van der Waals surface area contributed by atoms with Crippen LogP contribution in [0.25, 0.3) is 0 Å². The number of halogens is 1. The molecule has 0 aliphatic carbocycles. The fourth-order valence-corrected chi connectivity index (χ4v) is 1.56. The molecule has 7 nitrogen and oxygen atoms in total. The summed E-state index contributed by atoms with van der Waals surface area (Å²) in [5, 5.41) is 12.9. The first-order chi connectivity index (χ1) is 9.47. The van der Waals surface area contributed by atoms with Gasteiger partial charge < -0.3 is 11.1 Å². The Balaban J connectivity index is 2.28. The predicted molar refractivity (Wildman–Crippen MR) is 69.7 cm³/mol. The van der Waals surface area contributed by atoms with Crippen molar-refractivity contribution in [3.05, 3.63) is 58.0 Å². The zero-order chi connectivity index (χ0) is 14.7. The van der Waals surface area contributed by atoms with Crippen molar-refractivity contribution in [2.75, 3.05) is 11.1 Å². The fourth-order valence-electron chi connectivity index (χ4n) is 1.56. The van der Waals surface area contributed by atoms with Crippen molar-refractivity contribution in [2.24, 2.45) is 0 Å². The summed E-state index contributed by atoms with van der Waals surface area (Å²) in [5.74, 6) is -1.44. The van der Waals surface area contributed by atoms with Crippen molar-refractivity contribution < 1.29 is 14.1 Å². The lowest BCUT2D eigenvalue weighted by atomic mass is 10.2. The summed E-state index contributed by atoms with van der Waals surface area (Å²) in [6, 6.07) is 5.73. The Hall–Kier alpha value is -3.03. The van der Waals surface area contributed by atoms with Gasteiger partial charge >= 0.3 is 0 Å². The van der Waals surface area contributed by atoms with Crippen LogP contribution in [-0.4, -0.2) is 15.8 Å². The van der Waals surface area contributed by atoms with E-state index in [-0.39, 0.29) is 17.1 Å². The van der Waals surface area contributed by atoms with Crippen LogP contribution in [0.4, 0.5) is 21.6 Å². The minimum absolute atomic E-state index is 0.0101. The third-order valence-corrected chi connectivity index (χ3v) is 2.43. The number of nitro groups is 1. The number of hydrogen-bond donors (Lipinski definition) is 2. The lowest BCUT2D eigenvalue weighted by molar-refractivity contribution is -0.385. The number of nitro benzene ring substituents is 1. The van der Waals surface area contributed by atoms with E-state index in [1.165, 1.54) is 18.3 Å². The van der Waals surface area contributed by atoms with Crippen LogP contribution in [0, 0.1) is 15.9 Å². The zero-order valence-corrected chi connectivity index (χ0v) is 10.0. The molecule has 0 saturated carbocycles. The summed E-state index contributed by atoms with van der Waals surface area (Å²) < 4.78 is 13.2. The maximum Gasteiger partial charge on any atom is 0.274 e. The molecule has 8 heteroatoms. The molecule has 20 heavy (non-hydrogen) atoms. The van der Waals surface area contributed by atoms with E-state index in [0.29, 0.717) is 0 Å². The second-order valence-corrected chi connectivity index (χ2v) is 3.85. The van der Waals surface area contributed by atoms with Crippen molar-refractivity contribution in [3.8, 4) is 0 Å². The van der Waals surface area contributed by atoms with Crippen LogP contribution in [0.3, 0.4) is 0 Å². The summed E-state index contributed by atoms with van der Waals surface area (Å²) in [4.78, 5) is 25.5. The van der Waals surface area contributed by atoms with Crippen LogP contribution < -0.4 is 11.1 Å². The predicted octanol–water partition coefficient (Wildman–Crippen LogP) is 1.96. The SMILES string of the molecule is Nc1ncccc1C(=O)Nc1cc(F)cc([N+](=O)[O-])c1. The standard InChI is InChI=1S/C12H9FN4O3/c13-7-4-8(6-9(5-7)17(19)20)16-12(18)10-2-1-3-15-11(10)14/h1-6H,(H2,14,15)(H,16,18). The van der Waals surface area contributed by atoms with Crippen molar-refractivity contribution in [1.29, 1.82) is 0 Å². The number of pyridine rings is 1. The van der Waals surface area contributed by atoms with E-state index in [2.05, 4.69) is 10.3 Å². The third kappa shape index (κ3) is 2.86. The number of carbonyl (C=O) groups is 1. The maximum absolute atomic E-state index is 13.2. The quantitative estimate of drug-likeness (QED) is 0.657. The summed E-state index contributed by atoms with van der Waals surface area (Å²) in [7, 11) is 0. The minimum Gasteiger partial charge on any atom is -0.383 e. The Morgan fingerprint density at radius 2 is 2.15 bits per heavy atom. The van der Waals surface area contributed by atoms with Gasteiger partial charge in [-0.1, -0.05) is 0 Å². The van der Waals surface area contributed by atoms with E-state index in [0.717, 1.165) is 18.2 Å². The monoisotopic (exact) mass is 276 g/mol. The molecule has 3 N–H and O–H groups in total. The molecule has 2 aromatic rings. The number of carbonyl (C=O) groups excluding carboxylic acids is 1. The third-order valence-electron chi connectivity index (χ3n) is 2.43. The van der Waals surface area contributed by atoms with Gasteiger partial charge in [-0.2, -0.15) is 0 Å². The number of non-ortho nitro benzene ring substituents is 1. The second kappa shape index (κ2) is 5.31. The summed E-state index contributed by atoms with van der Waals surface area (Å²) in [6.07, 6.45) is 1.42. The second-order valence-electron chi connectivity index (χ2n) is 3.85. The Morgan fingerprint density at radius 3 is 2.80 bits per heavy atom. The lowest BCUT2D eigenvalue weighted by Gasteiger charge is -2.06. The van der Waals surface area contributed by atoms with Crippen molar-refractivity contribution in [2.45, 2.75) is 0 Å². The van der Waals surface area contributed by atoms with E-state index in [4.69, 9.17) is 5.73 Å². The topological polar surface area (TPSA) is 111 Å². The van der Waals surface area contributed by atoms with Gasteiger partial charge in [0, 0.05) is 12.3 Å². The first-order valence-corrected chi connectivity index (χ1v) is 5.44. The van der Waals surface area contributed by atoms with Gasteiger partial charge in [-0.15, -0.1) is 0 Å². The normalized spacial score (nSPS) is 10.1. The Bertz CT molecular complexity index is 690. The molecule has 0 fully saturated rings. The molecule has 0 radical (unpaired) electrons. The molecule has 0 spiro atoms. The number of nitrogens with one attached hydrogen (secondary N) is 1. The highest BCUT2D eigenvalue weighted by Crippen LogP contribution is 2.21. The number of anilines is 2. The number of nitrogens with two attached hydrogens (primary N) is 1. The molecule has 0 aliphatic heterocycles. The Labute approximate surface area is 112 Å². The zero-order valence-electron chi connectivity index (χ0n) is 10.0. The van der Waals surface area contributed by atoms with Gasteiger partial charge in [0.1, 0.15) is 11.6 Å². The highest BCUT2D eigenvalue weighted by Gasteiger charge is 2.14. The molecule has 2 rings (SSSR count). The average Bonchev–Trinajstić information content (AvgIpc) is 2.38. The molecule has 1 amide bonds. The van der Waals surface area contributed by atoms with E-state index in [1.807, 2.05) is 0 Å². The highest BCUT2D eigenvalue weighted by atomic mass is 19.1. The van der Waals surface area contributed by atoms with E-state index >= 15 is 0 Å². The summed E-state index contributed by atoms with van der Waals surface area (Å²) >= 11 is 0. The number of benzene rings is 1. The molecular weight excluding hydrogens is 267 g/mol. The van der Waals surface area contributed by atoms with Crippen LogP contribution in [0.15, 0.2) is 36.5 Å². The molecule has 0 atom stereocenters. The van der Waals surface area contributed by atoms with Gasteiger partial charge in [0.2, 0.25) is 0 Å². The Morgan fingerprint density at radius 1 is 1.40 bits per heavy atom. The van der Waals surface area contributed by atoms with Crippen LogP contribution in [0.2, 0.25) is 0 Å². The fraction of sp³-hybridized carbons (Fsp3) is 0. The van der Waals surface area contributed by atoms with Crippen molar-refractivity contribution >= 4 is 23.1 Å². The highest BCUT2D eigenvalue weighted by molar-refractivity contribution is 6.07. The van der Waals surface area contributed by atoms with Crippen molar-refractivity contribution in [3.63, 3.8) is 0 Å². The first-order valence-electron chi connectivity index (χ1n) is 5.44. The van der Waals surface area contributed by atoms with Gasteiger partial charge in [-0.3, -0.25) is 14.9 Å². The van der Waals surface area contributed by atoms with E-state index in [9.17, 15) is 19.3 Å². The van der Waals surface area contributed by atoms with Gasteiger partial charge in [0.25, 0.3) is 11.6 Å². The molecule has 0 unspecified atom stereocenters. The molecular formula is C12H9FN4O3. The molecule has 0 bridgehead atoms. The van der Waals surface area contributed by atoms with Gasteiger partial charge in [-0.25, -0.2) is 9.37 Å². The molecule has 102 valence electrons. The van der Waals surface area contributed by atoms with Crippen LogP contribution >= 0.6 is 0 Å². The number of hydrogen-bond acceptors (Lipinski definition) is 5. The smallest absolute Gasteiger partial charge is 0.274 e. The number of nitrogen functional groups attached to an aromatic ring is 1. The number of nitrogens with zero attached hydrogens (tertiary/aromatic N) is 2.